The smallest absolute Gasteiger partial charge is 0.206 e. The summed E-state index contributed by atoms with van der Waals surface area (Å²) >= 11 is 3.31. The molecule has 0 amide bonds. The predicted molar refractivity (Wildman–Crippen MR) is 84.9 cm³/mol. The number of aromatic nitrogens is 2. The van der Waals surface area contributed by atoms with Gasteiger partial charge >= 0.3 is 0 Å². The molecule has 2 aromatic rings. The number of nitrogens with zero attached hydrogens (tertiary/aromatic N) is 2. The molecule has 1 heterocycles. The summed E-state index contributed by atoms with van der Waals surface area (Å²) in [6.07, 6.45) is 4.28. The summed E-state index contributed by atoms with van der Waals surface area (Å²) < 4.78 is 1.00. The van der Waals surface area contributed by atoms with Crippen LogP contribution in [0.4, 0.5) is 5.13 Å². The second-order valence-electron chi connectivity index (χ2n) is 4.30. The van der Waals surface area contributed by atoms with E-state index in [9.17, 15) is 0 Å². The molecule has 0 aliphatic carbocycles. The molecule has 19 heavy (non-hydrogen) atoms. The van der Waals surface area contributed by atoms with Crippen molar-refractivity contribution in [2.45, 2.75) is 24.2 Å². The molecule has 0 aliphatic heterocycles. The van der Waals surface area contributed by atoms with Crippen LogP contribution in [0.25, 0.3) is 6.08 Å². The first-order valence-electron chi connectivity index (χ1n) is 6.18. The third kappa shape index (κ3) is 5.04. The molecule has 1 aromatic carbocycles. The zero-order valence-corrected chi connectivity index (χ0v) is 12.7. The summed E-state index contributed by atoms with van der Waals surface area (Å²) in [7, 11) is 0. The standard InChI is InChI=1S/C14H17N3S2/c1-11(2)15-13-16-17-14(19-13)18-10-6-9-12-7-4-3-5-8-12/h3-9,11H,10H2,1-2H3,(H,15,16)/b9-6+. The Kier molecular flexibility index (Phi) is 5.42. The molecular weight excluding hydrogens is 274 g/mol. The molecule has 2 rings (SSSR count). The molecule has 0 unspecified atom stereocenters. The maximum absolute atomic E-state index is 4.15. The summed E-state index contributed by atoms with van der Waals surface area (Å²) in [4.78, 5) is 0. The van der Waals surface area contributed by atoms with Gasteiger partial charge in [0.05, 0.1) is 0 Å². The van der Waals surface area contributed by atoms with Crippen LogP contribution in [0.15, 0.2) is 40.7 Å². The number of rotatable bonds is 6. The van der Waals surface area contributed by atoms with E-state index in [0.717, 1.165) is 15.2 Å². The third-order valence-electron chi connectivity index (χ3n) is 2.23. The molecule has 0 radical (unpaired) electrons. The van der Waals surface area contributed by atoms with Crippen LogP contribution in [0.2, 0.25) is 0 Å². The van der Waals surface area contributed by atoms with Crippen LogP contribution in [0.3, 0.4) is 0 Å². The van der Waals surface area contributed by atoms with Gasteiger partial charge in [-0.25, -0.2) is 0 Å². The zero-order valence-electron chi connectivity index (χ0n) is 11.0. The van der Waals surface area contributed by atoms with Crippen LogP contribution in [0.1, 0.15) is 19.4 Å². The van der Waals surface area contributed by atoms with Crippen LogP contribution >= 0.6 is 23.1 Å². The molecule has 3 nitrogen and oxygen atoms in total. The van der Waals surface area contributed by atoms with Crippen molar-refractivity contribution in [2.75, 3.05) is 11.1 Å². The highest BCUT2D eigenvalue weighted by atomic mass is 32.2. The van der Waals surface area contributed by atoms with Gasteiger partial charge in [0.15, 0.2) is 4.34 Å². The van der Waals surface area contributed by atoms with Gasteiger partial charge in [-0.05, 0) is 19.4 Å². The lowest BCUT2D eigenvalue weighted by Gasteiger charge is -2.02. The van der Waals surface area contributed by atoms with Crippen LogP contribution in [0.5, 0.6) is 0 Å². The minimum atomic E-state index is 0.392. The molecule has 1 aromatic heterocycles. The highest BCUT2D eigenvalue weighted by molar-refractivity contribution is 8.01. The van der Waals surface area contributed by atoms with Crippen molar-refractivity contribution in [3.63, 3.8) is 0 Å². The zero-order chi connectivity index (χ0) is 13.5. The molecule has 0 saturated carbocycles. The second kappa shape index (κ2) is 7.31. The largest absolute Gasteiger partial charge is 0.358 e. The minimum Gasteiger partial charge on any atom is -0.358 e. The fourth-order valence-electron chi connectivity index (χ4n) is 1.44. The summed E-state index contributed by atoms with van der Waals surface area (Å²) in [5.41, 5.74) is 1.22. The van der Waals surface area contributed by atoms with Crippen LogP contribution in [0, 0.1) is 0 Å². The van der Waals surface area contributed by atoms with Gasteiger partial charge < -0.3 is 5.32 Å². The summed E-state index contributed by atoms with van der Waals surface area (Å²) in [6.45, 7) is 4.19. The number of hydrogen-bond acceptors (Lipinski definition) is 5. The molecule has 0 aliphatic rings. The quantitative estimate of drug-likeness (QED) is 0.811. The summed E-state index contributed by atoms with van der Waals surface area (Å²) in [5.74, 6) is 0.908. The lowest BCUT2D eigenvalue weighted by molar-refractivity contribution is 0.883. The number of anilines is 1. The normalized spacial score (nSPS) is 11.3. The van der Waals surface area contributed by atoms with Gasteiger partial charge in [0.1, 0.15) is 0 Å². The highest BCUT2D eigenvalue weighted by Gasteiger charge is 2.04. The Labute approximate surface area is 122 Å². The number of nitrogens with one attached hydrogen (secondary N) is 1. The molecule has 0 atom stereocenters. The molecule has 0 bridgehead atoms. The second-order valence-corrected chi connectivity index (χ2v) is 6.54. The molecule has 0 saturated heterocycles. The Morgan fingerprint density at radius 1 is 1.26 bits per heavy atom. The van der Waals surface area contributed by atoms with Crippen molar-refractivity contribution in [3.8, 4) is 0 Å². The molecular formula is C14H17N3S2. The van der Waals surface area contributed by atoms with Crippen molar-refractivity contribution in [1.82, 2.24) is 10.2 Å². The van der Waals surface area contributed by atoms with E-state index in [1.165, 1.54) is 5.56 Å². The van der Waals surface area contributed by atoms with E-state index in [-0.39, 0.29) is 0 Å². The van der Waals surface area contributed by atoms with E-state index in [1.807, 2.05) is 18.2 Å². The van der Waals surface area contributed by atoms with E-state index in [2.05, 4.69) is 53.6 Å². The van der Waals surface area contributed by atoms with Gasteiger partial charge in [-0.15, -0.1) is 10.2 Å². The first-order valence-corrected chi connectivity index (χ1v) is 7.98. The van der Waals surface area contributed by atoms with Crippen molar-refractivity contribution in [3.05, 3.63) is 42.0 Å². The van der Waals surface area contributed by atoms with Gasteiger partial charge in [0.25, 0.3) is 0 Å². The van der Waals surface area contributed by atoms with Crippen LogP contribution in [-0.4, -0.2) is 22.0 Å². The van der Waals surface area contributed by atoms with Crippen molar-refractivity contribution >= 4 is 34.3 Å². The maximum Gasteiger partial charge on any atom is 0.206 e. The molecule has 1 N–H and O–H groups in total. The summed E-state index contributed by atoms with van der Waals surface area (Å²) in [5, 5.41) is 12.4. The molecule has 0 fully saturated rings. The SMILES string of the molecule is CC(C)Nc1nnc(SC/C=C/c2ccccc2)s1. The third-order valence-corrected chi connectivity index (χ3v) is 4.17. The number of benzene rings is 1. The van der Waals surface area contributed by atoms with E-state index >= 15 is 0 Å². The first kappa shape index (κ1) is 14.1. The first-order chi connectivity index (χ1) is 9.24. The average Bonchev–Trinajstić information content (AvgIpc) is 2.83. The van der Waals surface area contributed by atoms with E-state index in [1.54, 1.807) is 23.1 Å². The minimum absolute atomic E-state index is 0.392. The number of thioether (sulfide) groups is 1. The van der Waals surface area contributed by atoms with Gasteiger partial charge in [0.2, 0.25) is 5.13 Å². The van der Waals surface area contributed by atoms with Crippen LogP contribution in [-0.2, 0) is 0 Å². The molecule has 0 spiro atoms. The van der Waals surface area contributed by atoms with E-state index < -0.39 is 0 Å². The van der Waals surface area contributed by atoms with Crippen LogP contribution < -0.4 is 5.32 Å². The van der Waals surface area contributed by atoms with Crippen molar-refractivity contribution < 1.29 is 0 Å². The average molecular weight is 291 g/mol. The van der Waals surface area contributed by atoms with E-state index in [4.69, 9.17) is 0 Å². The van der Waals surface area contributed by atoms with Gasteiger partial charge in [-0.1, -0.05) is 65.6 Å². The summed E-state index contributed by atoms with van der Waals surface area (Å²) in [6, 6.07) is 10.7. The fraction of sp³-hybridized carbons (Fsp3) is 0.286. The molecule has 100 valence electrons. The Morgan fingerprint density at radius 2 is 2.05 bits per heavy atom. The van der Waals surface area contributed by atoms with Gasteiger partial charge in [-0.3, -0.25) is 0 Å². The van der Waals surface area contributed by atoms with Crippen molar-refractivity contribution in [1.29, 1.82) is 0 Å². The maximum atomic E-state index is 4.15. The predicted octanol–water partition coefficient (Wildman–Crippen LogP) is 4.16. The monoisotopic (exact) mass is 291 g/mol. The van der Waals surface area contributed by atoms with Crippen molar-refractivity contribution in [2.24, 2.45) is 0 Å². The lowest BCUT2D eigenvalue weighted by Crippen LogP contribution is -2.08. The Balaban J connectivity index is 1.79. The van der Waals surface area contributed by atoms with Gasteiger partial charge in [0, 0.05) is 11.8 Å². The lowest BCUT2D eigenvalue weighted by atomic mass is 10.2. The highest BCUT2D eigenvalue weighted by Crippen LogP contribution is 2.25. The topological polar surface area (TPSA) is 37.8 Å². The molecule has 5 heteroatoms. The Hall–Kier alpha value is -1.33. The van der Waals surface area contributed by atoms with E-state index in [0.29, 0.717) is 6.04 Å². The Morgan fingerprint density at radius 3 is 2.79 bits per heavy atom. The number of hydrogen-bond donors (Lipinski definition) is 1. The fourth-order valence-corrected chi connectivity index (χ4v) is 3.17. The van der Waals surface area contributed by atoms with Gasteiger partial charge in [-0.2, -0.15) is 0 Å². The Bertz CT molecular complexity index is 520.